The fourth-order valence-corrected chi connectivity index (χ4v) is 2.92. The number of hydrogen-bond donors (Lipinski definition) is 2. The SMILES string of the molecule is CCOC(=O)C1CCN(C(=O)c2ccc(NC(=O)CCNC)cc2)CC1. The van der Waals surface area contributed by atoms with E-state index >= 15 is 0 Å². The van der Waals surface area contributed by atoms with Crippen molar-refractivity contribution in [1.82, 2.24) is 10.2 Å². The first-order chi connectivity index (χ1) is 12.5. The fourth-order valence-electron chi connectivity index (χ4n) is 2.92. The molecule has 0 bridgehead atoms. The average Bonchev–Trinajstić information content (AvgIpc) is 2.66. The maximum Gasteiger partial charge on any atom is 0.309 e. The molecule has 1 aromatic carbocycles. The van der Waals surface area contributed by atoms with E-state index in [0.29, 0.717) is 56.8 Å². The van der Waals surface area contributed by atoms with Crippen molar-refractivity contribution in [2.24, 2.45) is 5.92 Å². The number of benzene rings is 1. The highest BCUT2D eigenvalue weighted by Crippen LogP contribution is 2.21. The Morgan fingerprint density at radius 2 is 1.81 bits per heavy atom. The summed E-state index contributed by atoms with van der Waals surface area (Å²) in [7, 11) is 1.79. The van der Waals surface area contributed by atoms with Crippen LogP contribution in [0, 0.1) is 5.92 Å². The number of esters is 1. The lowest BCUT2D eigenvalue weighted by Gasteiger charge is -2.31. The van der Waals surface area contributed by atoms with E-state index in [0.717, 1.165) is 0 Å². The summed E-state index contributed by atoms with van der Waals surface area (Å²) in [6.45, 7) is 3.89. The third-order valence-corrected chi connectivity index (χ3v) is 4.42. The van der Waals surface area contributed by atoms with Crippen molar-refractivity contribution >= 4 is 23.5 Å². The van der Waals surface area contributed by atoms with Gasteiger partial charge in [-0.05, 0) is 51.1 Å². The lowest BCUT2D eigenvalue weighted by atomic mass is 9.96. The van der Waals surface area contributed by atoms with E-state index in [-0.39, 0.29) is 23.7 Å². The van der Waals surface area contributed by atoms with Gasteiger partial charge in [0.15, 0.2) is 0 Å². The van der Waals surface area contributed by atoms with Crippen LogP contribution in [-0.2, 0) is 14.3 Å². The predicted molar refractivity (Wildman–Crippen MR) is 98.9 cm³/mol. The Bertz CT molecular complexity index is 622. The van der Waals surface area contributed by atoms with Crippen LogP contribution in [0.3, 0.4) is 0 Å². The molecule has 0 spiro atoms. The second-order valence-electron chi connectivity index (χ2n) is 6.30. The summed E-state index contributed by atoms with van der Waals surface area (Å²) in [4.78, 5) is 37.8. The summed E-state index contributed by atoms with van der Waals surface area (Å²) in [5, 5.41) is 5.72. The van der Waals surface area contributed by atoms with E-state index in [9.17, 15) is 14.4 Å². The average molecular weight is 361 g/mol. The van der Waals surface area contributed by atoms with Gasteiger partial charge in [-0.25, -0.2) is 0 Å². The molecule has 2 N–H and O–H groups in total. The highest BCUT2D eigenvalue weighted by molar-refractivity contribution is 5.96. The Morgan fingerprint density at radius 3 is 2.38 bits per heavy atom. The molecule has 0 unspecified atom stereocenters. The molecule has 0 radical (unpaired) electrons. The minimum atomic E-state index is -0.169. The molecule has 2 amide bonds. The van der Waals surface area contributed by atoms with Crippen LogP contribution in [0.25, 0.3) is 0 Å². The number of anilines is 1. The van der Waals surface area contributed by atoms with Gasteiger partial charge in [0.05, 0.1) is 12.5 Å². The lowest BCUT2D eigenvalue weighted by molar-refractivity contribution is -0.149. The Balaban J connectivity index is 1.86. The monoisotopic (exact) mass is 361 g/mol. The number of nitrogens with zero attached hydrogens (tertiary/aromatic N) is 1. The first kappa shape index (κ1) is 19.9. The van der Waals surface area contributed by atoms with Gasteiger partial charge in [-0.2, -0.15) is 0 Å². The van der Waals surface area contributed by atoms with E-state index in [4.69, 9.17) is 4.74 Å². The van der Waals surface area contributed by atoms with E-state index in [1.54, 1.807) is 43.1 Å². The number of carbonyl (C=O) groups excluding carboxylic acids is 3. The summed E-state index contributed by atoms with van der Waals surface area (Å²) in [5.74, 6) is -0.410. The number of piperidine rings is 1. The summed E-state index contributed by atoms with van der Waals surface area (Å²) < 4.78 is 5.05. The topological polar surface area (TPSA) is 87.7 Å². The van der Waals surface area contributed by atoms with Crippen LogP contribution in [0.15, 0.2) is 24.3 Å². The van der Waals surface area contributed by atoms with Crippen LogP contribution >= 0.6 is 0 Å². The zero-order valence-electron chi connectivity index (χ0n) is 15.4. The highest BCUT2D eigenvalue weighted by Gasteiger charge is 2.28. The number of rotatable bonds is 7. The summed E-state index contributed by atoms with van der Waals surface area (Å²) >= 11 is 0. The molecule has 1 saturated heterocycles. The minimum Gasteiger partial charge on any atom is -0.466 e. The van der Waals surface area contributed by atoms with E-state index in [1.165, 1.54) is 0 Å². The number of ether oxygens (including phenoxy) is 1. The van der Waals surface area contributed by atoms with Crippen molar-refractivity contribution in [2.75, 3.05) is 38.6 Å². The van der Waals surface area contributed by atoms with Crippen LogP contribution < -0.4 is 10.6 Å². The first-order valence-electron chi connectivity index (χ1n) is 9.05. The molecule has 0 saturated carbocycles. The summed E-state index contributed by atoms with van der Waals surface area (Å²) in [6, 6.07) is 6.90. The van der Waals surface area contributed by atoms with Crippen molar-refractivity contribution in [1.29, 1.82) is 0 Å². The molecule has 142 valence electrons. The van der Waals surface area contributed by atoms with Gasteiger partial charge in [0, 0.05) is 37.3 Å². The largest absolute Gasteiger partial charge is 0.466 e. The van der Waals surface area contributed by atoms with E-state index in [1.807, 2.05) is 0 Å². The number of carbonyl (C=O) groups is 3. The van der Waals surface area contributed by atoms with Crippen LogP contribution in [0.5, 0.6) is 0 Å². The molecule has 7 heteroatoms. The van der Waals surface area contributed by atoms with Gasteiger partial charge in [0.1, 0.15) is 0 Å². The number of hydrogen-bond acceptors (Lipinski definition) is 5. The quantitative estimate of drug-likeness (QED) is 0.721. The maximum absolute atomic E-state index is 12.6. The van der Waals surface area contributed by atoms with Crippen molar-refractivity contribution in [3.05, 3.63) is 29.8 Å². The Kier molecular flexibility index (Phi) is 7.59. The molecule has 1 aliphatic rings. The van der Waals surface area contributed by atoms with E-state index < -0.39 is 0 Å². The minimum absolute atomic E-state index is 0.0552. The molecule has 1 heterocycles. The number of nitrogens with one attached hydrogen (secondary N) is 2. The fraction of sp³-hybridized carbons (Fsp3) is 0.526. The number of amides is 2. The van der Waals surface area contributed by atoms with Crippen LogP contribution in [0.1, 0.15) is 36.5 Å². The zero-order valence-corrected chi connectivity index (χ0v) is 15.4. The highest BCUT2D eigenvalue weighted by atomic mass is 16.5. The molecule has 26 heavy (non-hydrogen) atoms. The normalized spacial score (nSPS) is 14.8. The van der Waals surface area contributed by atoms with Gasteiger partial charge in [-0.1, -0.05) is 0 Å². The summed E-state index contributed by atoms with van der Waals surface area (Å²) in [6.07, 6.45) is 1.65. The molecule has 0 aromatic heterocycles. The molecule has 0 atom stereocenters. The first-order valence-corrected chi connectivity index (χ1v) is 9.05. The van der Waals surface area contributed by atoms with E-state index in [2.05, 4.69) is 10.6 Å². The molecule has 1 aromatic rings. The Labute approximate surface area is 154 Å². The summed E-state index contributed by atoms with van der Waals surface area (Å²) in [5.41, 5.74) is 1.25. The van der Waals surface area contributed by atoms with Crippen molar-refractivity contribution < 1.29 is 19.1 Å². The second-order valence-corrected chi connectivity index (χ2v) is 6.30. The van der Waals surface area contributed by atoms with Crippen LogP contribution in [-0.4, -0.2) is 56.0 Å². The van der Waals surface area contributed by atoms with Gasteiger partial charge < -0.3 is 20.3 Å². The number of likely N-dealkylation sites (tertiary alicyclic amines) is 1. The Hall–Kier alpha value is -2.41. The zero-order chi connectivity index (χ0) is 18.9. The standard InChI is InChI=1S/C19H27N3O4/c1-3-26-19(25)15-9-12-22(13-10-15)18(24)14-4-6-16(7-5-14)21-17(23)8-11-20-2/h4-7,15,20H,3,8-13H2,1-2H3,(H,21,23). The third kappa shape index (κ3) is 5.56. The van der Waals surface area contributed by atoms with Crippen molar-refractivity contribution in [2.45, 2.75) is 26.2 Å². The van der Waals surface area contributed by atoms with Gasteiger partial charge >= 0.3 is 5.97 Å². The molecule has 1 aliphatic heterocycles. The maximum atomic E-state index is 12.6. The Morgan fingerprint density at radius 1 is 1.15 bits per heavy atom. The van der Waals surface area contributed by atoms with Gasteiger partial charge in [-0.3, -0.25) is 14.4 Å². The third-order valence-electron chi connectivity index (χ3n) is 4.42. The smallest absolute Gasteiger partial charge is 0.309 e. The molecule has 7 nitrogen and oxygen atoms in total. The van der Waals surface area contributed by atoms with Gasteiger partial charge in [-0.15, -0.1) is 0 Å². The van der Waals surface area contributed by atoms with Gasteiger partial charge in [0.25, 0.3) is 5.91 Å². The van der Waals surface area contributed by atoms with Crippen LogP contribution in [0.4, 0.5) is 5.69 Å². The molecular formula is C19H27N3O4. The van der Waals surface area contributed by atoms with Crippen molar-refractivity contribution in [3.8, 4) is 0 Å². The van der Waals surface area contributed by atoms with Crippen molar-refractivity contribution in [3.63, 3.8) is 0 Å². The van der Waals surface area contributed by atoms with Crippen LogP contribution in [0.2, 0.25) is 0 Å². The molecule has 0 aliphatic carbocycles. The van der Waals surface area contributed by atoms with Gasteiger partial charge in [0.2, 0.25) is 5.91 Å². The second kappa shape index (κ2) is 9.91. The molecule has 2 rings (SSSR count). The lowest BCUT2D eigenvalue weighted by Crippen LogP contribution is -2.40. The predicted octanol–water partition coefficient (Wildman–Crippen LogP) is 1.65. The molecule has 1 fully saturated rings. The molecular weight excluding hydrogens is 334 g/mol.